The maximum absolute atomic E-state index is 13.9. The van der Waals surface area contributed by atoms with Crippen LogP contribution in [0.4, 0.5) is 10.1 Å². The van der Waals surface area contributed by atoms with Crippen LogP contribution in [0.3, 0.4) is 0 Å². The Morgan fingerprint density at radius 1 is 1.45 bits per heavy atom. The van der Waals surface area contributed by atoms with E-state index in [1.807, 2.05) is 6.07 Å². The van der Waals surface area contributed by atoms with Crippen LogP contribution in [0.1, 0.15) is 37.8 Å². The summed E-state index contributed by atoms with van der Waals surface area (Å²) in [5, 5.41) is 0. The number of rotatable bonds is 4. The zero-order valence-electron chi connectivity index (χ0n) is 11.8. The molecule has 1 aromatic carbocycles. The summed E-state index contributed by atoms with van der Waals surface area (Å²) in [6.45, 7) is 3.41. The zero-order valence-corrected chi connectivity index (χ0v) is 11.8. The maximum Gasteiger partial charge on any atom is 0.217 e. The van der Waals surface area contributed by atoms with Crippen molar-refractivity contribution in [1.29, 1.82) is 0 Å². The van der Waals surface area contributed by atoms with Gasteiger partial charge in [0.1, 0.15) is 5.82 Å². The summed E-state index contributed by atoms with van der Waals surface area (Å²) >= 11 is 0. The van der Waals surface area contributed by atoms with Gasteiger partial charge in [-0.15, -0.1) is 0 Å². The van der Waals surface area contributed by atoms with Crippen molar-refractivity contribution in [3.8, 4) is 0 Å². The van der Waals surface area contributed by atoms with Crippen LogP contribution in [0, 0.1) is 11.7 Å². The maximum atomic E-state index is 13.9. The molecule has 0 aliphatic carbocycles. The highest BCUT2D eigenvalue weighted by Crippen LogP contribution is 2.31. The van der Waals surface area contributed by atoms with Gasteiger partial charge in [0.2, 0.25) is 5.91 Å². The largest absolute Gasteiger partial charge is 0.371 e. The second kappa shape index (κ2) is 6.22. The lowest BCUT2D eigenvalue weighted by molar-refractivity contribution is -0.119. The molecule has 1 aromatic rings. The van der Waals surface area contributed by atoms with E-state index in [0.29, 0.717) is 17.9 Å². The molecule has 0 saturated carbocycles. The monoisotopic (exact) mass is 279 g/mol. The lowest BCUT2D eigenvalue weighted by atomic mass is 9.92. The van der Waals surface area contributed by atoms with Gasteiger partial charge in [-0.2, -0.15) is 0 Å². The lowest BCUT2D eigenvalue weighted by Crippen LogP contribution is -2.36. The normalized spacial score (nSPS) is 18.1. The molecule has 20 heavy (non-hydrogen) atoms. The van der Waals surface area contributed by atoms with Crippen LogP contribution < -0.4 is 16.4 Å². The van der Waals surface area contributed by atoms with Crippen LogP contribution in [-0.4, -0.2) is 19.0 Å². The van der Waals surface area contributed by atoms with Crippen molar-refractivity contribution in [1.82, 2.24) is 0 Å². The molecule has 0 radical (unpaired) electrons. The predicted octanol–water partition coefficient (Wildman–Crippen LogP) is 1.94. The topological polar surface area (TPSA) is 72.3 Å². The Kier molecular flexibility index (Phi) is 4.60. The molecule has 1 amide bonds. The number of carbonyl (C=O) groups excluding carboxylic acids is 1. The fourth-order valence-electron chi connectivity index (χ4n) is 2.91. The van der Waals surface area contributed by atoms with Crippen molar-refractivity contribution in [2.75, 3.05) is 18.0 Å². The molecular formula is C15H22FN3O. The highest BCUT2D eigenvalue weighted by atomic mass is 19.1. The first-order valence-corrected chi connectivity index (χ1v) is 7.06. The highest BCUT2D eigenvalue weighted by Gasteiger charge is 2.24. The third-order valence-electron chi connectivity index (χ3n) is 3.93. The third kappa shape index (κ3) is 3.28. The first-order valence-electron chi connectivity index (χ1n) is 7.06. The number of halogens is 1. The molecule has 2 rings (SSSR count). The van der Waals surface area contributed by atoms with Gasteiger partial charge >= 0.3 is 0 Å². The number of hydrogen-bond acceptors (Lipinski definition) is 3. The average molecular weight is 279 g/mol. The van der Waals surface area contributed by atoms with Crippen LogP contribution in [0.15, 0.2) is 18.2 Å². The van der Waals surface area contributed by atoms with Crippen molar-refractivity contribution in [2.24, 2.45) is 17.4 Å². The van der Waals surface area contributed by atoms with E-state index < -0.39 is 0 Å². The van der Waals surface area contributed by atoms with E-state index in [1.165, 1.54) is 6.07 Å². The Balaban J connectivity index is 2.11. The molecule has 0 spiro atoms. The molecule has 0 aromatic heterocycles. The van der Waals surface area contributed by atoms with Crippen LogP contribution in [0.2, 0.25) is 0 Å². The molecule has 110 valence electrons. The Hall–Kier alpha value is -1.62. The van der Waals surface area contributed by atoms with E-state index in [4.69, 9.17) is 11.5 Å². The summed E-state index contributed by atoms with van der Waals surface area (Å²) in [6, 6.07) is 4.74. The molecular weight excluding hydrogens is 257 g/mol. The molecule has 1 aliphatic rings. The van der Waals surface area contributed by atoms with E-state index in [0.717, 1.165) is 31.6 Å². The second-order valence-electron chi connectivity index (χ2n) is 5.56. The minimum absolute atomic E-state index is 0.245. The minimum atomic E-state index is -0.338. The number of hydrogen-bond donors (Lipinski definition) is 2. The predicted molar refractivity (Wildman–Crippen MR) is 77.8 cm³/mol. The standard InChI is InChI=1S/C15H22FN3O/c1-10(17)15-12(16)3-2-4-13(15)19-7-5-11(6-8-19)9-14(18)20/h2-4,10-11H,5-9,17H2,1H3,(H2,18,20)/t10-/m0/s1. The Morgan fingerprint density at radius 3 is 2.65 bits per heavy atom. The number of amides is 1. The lowest BCUT2D eigenvalue weighted by Gasteiger charge is -2.35. The molecule has 1 fully saturated rings. The summed E-state index contributed by atoms with van der Waals surface area (Å²) in [5.74, 6) is -0.154. The molecule has 1 aliphatic heterocycles. The summed E-state index contributed by atoms with van der Waals surface area (Å²) in [5.41, 5.74) is 12.6. The molecule has 5 heteroatoms. The molecule has 0 unspecified atom stereocenters. The molecule has 0 bridgehead atoms. The molecule has 1 atom stereocenters. The number of carbonyl (C=O) groups is 1. The van der Waals surface area contributed by atoms with Gasteiger partial charge in [0.15, 0.2) is 0 Å². The summed E-state index contributed by atoms with van der Waals surface area (Å²) in [7, 11) is 0. The van der Waals surface area contributed by atoms with E-state index in [9.17, 15) is 9.18 Å². The number of nitrogens with two attached hydrogens (primary N) is 2. The van der Waals surface area contributed by atoms with E-state index in [-0.39, 0.29) is 17.8 Å². The van der Waals surface area contributed by atoms with Crippen molar-refractivity contribution in [3.05, 3.63) is 29.6 Å². The number of anilines is 1. The van der Waals surface area contributed by atoms with Crippen LogP contribution in [0.25, 0.3) is 0 Å². The molecule has 1 saturated heterocycles. The molecule has 4 N–H and O–H groups in total. The van der Waals surface area contributed by atoms with Crippen molar-refractivity contribution >= 4 is 11.6 Å². The van der Waals surface area contributed by atoms with Crippen LogP contribution in [0.5, 0.6) is 0 Å². The third-order valence-corrected chi connectivity index (χ3v) is 3.93. The van der Waals surface area contributed by atoms with Gasteiger partial charge in [-0.25, -0.2) is 4.39 Å². The summed E-state index contributed by atoms with van der Waals surface area (Å²) in [4.78, 5) is 13.1. The SMILES string of the molecule is C[C@H](N)c1c(F)cccc1N1CCC(CC(N)=O)CC1. The Bertz CT molecular complexity index is 482. The Labute approximate surface area is 118 Å². The van der Waals surface area contributed by atoms with Gasteiger partial charge in [0, 0.05) is 36.8 Å². The average Bonchev–Trinajstić information content (AvgIpc) is 2.38. The van der Waals surface area contributed by atoms with Gasteiger partial charge in [-0.1, -0.05) is 6.07 Å². The quantitative estimate of drug-likeness (QED) is 0.884. The number of benzene rings is 1. The minimum Gasteiger partial charge on any atom is -0.371 e. The van der Waals surface area contributed by atoms with Gasteiger partial charge in [-0.05, 0) is 37.8 Å². The summed E-state index contributed by atoms with van der Waals surface area (Å²) in [6.07, 6.45) is 2.24. The van der Waals surface area contributed by atoms with Crippen LogP contribution in [-0.2, 0) is 4.79 Å². The molecule has 4 nitrogen and oxygen atoms in total. The zero-order chi connectivity index (χ0) is 14.7. The number of primary amides is 1. The molecule has 1 heterocycles. The van der Waals surface area contributed by atoms with Gasteiger partial charge in [0.05, 0.1) is 0 Å². The fraction of sp³-hybridized carbons (Fsp3) is 0.533. The highest BCUT2D eigenvalue weighted by molar-refractivity contribution is 5.74. The fourth-order valence-corrected chi connectivity index (χ4v) is 2.91. The van der Waals surface area contributed by atoms with E-state index in [1.54, 1.807) is 13.0 Å². The number of piperidine rings is 1. The van der Waals surface area contributed by atoms with Gasteiger partial charge in [0.25, 0.3) is 0 Å². The summed E-state index contributed by atoms with van der Waals surface area (Å²) < 4.78 is 13.9. The second-order valence-corrected chi connectivity index (χ2v) is 5.56. The van der Waals surface area contributed by atoms with Crippen molar-refractivity contribution in [3.63, 3.8) is 0 Å². The number of nitrogens with zero attached hydrogens (tertiary/aromatic N) is 1. The van der Waals surface area contributed by atoms with E-state index in [2.05, 4.69) is 4.90 Å². The first-order chi connectivity index (χ1) is 9.49. The van der Waals surface area contributed by atoms with Gasteiger partial charge in [-0.3, -0.25) is 4.79 Å². The van der Waals surface area contributed by atoms with Crippen molar-refractivity contribution in [2.45, 2.75) is 32.2 Å². The Morgan fingerprint density at radius 2 is 2.10 bits per heavy atom. The van der Waals surface area contributed by atoms with E-state index >= 15 is 0 Å². The smallest absolute Gasteiger partial charge is 0.217 e. The van der Waals surface area contributed by atoms with Crippen molar-refractivity contribution < 1.29 is 9.18 Å². The van der Waals surface area contributed by atoms with Crippen LogP contribution >= 0.6 is 0 Å². The first kappa shape index (κ1) is 14.8. The van der Waals surface area contributed by atoms with Gasteiger partial charge < -0.3 is 16.4 Å².